The van der Waals surface area contributed by atoms with Crippen molar-refractivity contribution in [2.24, 2.45) is 7.05 Å². The van der Waals surface area contributed by atoms with Gasteiger partial charge in [-0.2, -0.15) is 0 Å². The van der Waals surface area contributed by atoms with Crippen molar-refractivity contribution in [1.29, 1.82) is 0 Å². The Labute approximate surface area is 212 Å². The van der Waals surface area contributed by atoms with E-state index in [0.717, 1.165) is 11.2 Å². The number of rotatable bonds is 3. The van der Waals surface area contributed by atoms with Crippen LogP contribution < -0.4 is 8.96 Å². The van der Waals surface area contributed by atoms with Crippen LogP contribution in [0.5, 0.6) is 0 Å². The molecule has 178 valence electrons. The average molecular weight is 523 g/mol. The second-order valence-electron chi connectivity index (χ2n) is 11.9. The topological polar surface area (TPSA) is 17.0 Å². The summed E-state index contributed by atoms with van der Waals surface area (Å²) >= 11 is -2.21. The molecule has 0 fully saturated rings. The van der Waals surface area contributed by atoms with Crippen molar-refractivity contribution in [3.8, 4) is 22.4 Å². The predicted octanol–water partition coefficient (Wildman–Crippen LogP) is 7.90. The predicted molar refractivity (Wildman–Crippen MR) is 152 cm³/mol. The summed E-state index contributed by atoms with van der Waals surface area (Å²) in [5.74, 6) is 7.41. The fraction of sp³-hybridized carbons (Fsp3) is 0.281. The zero-order chi connectivity index (χ0) is 25.1. The van der Waals surface area contributed by atoms with E-state index >= 15 is 0 Å². The van der Waals surface area contributed by atoms with Gasteiger partial charge in [0.15, 0.2) is 0 Å². The molecule has 5 rings (SSSR count). The third-order valence-corrected chi connectivity index (χ3v) is 11.4. The van der Waals surface area contributed by atoms with Crippen molar-refractivity contribution in [2.75, 3.05) is 0 Å². The van der Waals surface area contributed by atoms with E-state index in [4.69, 9.17) is 4.42 Å². The molecule has 5 aromatic rings. The number of hydrogen-bond acceptors (Lipinski definition) is 1. The molecule has 0 spiro atoms. The maximum absolute atomic E-state index is 6.91. The quantitative estimate of drug-likeness (QED) is 0.174. The first kappa shape index (κ1) is 23.9. The molecule has 3 heteroatoms. The fourth-order valence-electron chi connectivity index (χ4n) is 5.15. The van der Waals surface area contributed by atoms with Crippen molar-refractivity contribution in [1.82, 2.24) is 0 Å². The van der Waals surface area contributed by atoms with E-state index in [1.165, 1.54) is 48.7 Å². The van der Waals surface area contributed by atoms with E-state index in [9.17, 15) is 0 Å². The summed E-state index contributed by atoms with van der Waals surface area (Å²) in [6.07, 6.45) is 2.10. The number of hydrogen-bond donors (Lipinski definition) is 0. The average Bonchev–Trinajstić information content (AvgIpc) is 3.16. The molecule has 0 saturated carbocycles. The van der Waals surface area contributed by atoms with Crippen LogP contribution in [0.25, 0.3) is 44.3 Å². The molecular weight excluding hydrogens is 487 g/mol. The Morgan fingerprint density at radius 2 is 1.37 bits per heavy atom. The van der Waals surface area contributed by atoms with Crippen molar-refractivity contribution >= 4 is 39.6 Å². The van der Waals surface area contributed by atoms with Crippen LogP contribution in [0.15, 0.2) is 77.3 Å². The van der Waals surface area contributed by atoms with Gasteiger partial charge in [0.25, 0.3) is 0 Å². The Bertz CT molecular complexity index is 1560. The second kappa shape index (κ2) is 8.38. The second-order valence-corrected chi connectivity index (χ2v) is 22.4. The minimum absolute atomic E-state index is 0.131. The third kappa shape index (κ3) is 4.12. The number of pyridine rings is 1. The number of fused-ring (bicyclic) bond motifs is 3. The van der Waals surface area contributed by atoms with Gasteiger partial charge in [0.1, 0.15) is 0 Å². The number of aryl methyl sites for hydroxylation is 2. The van der Waals surface area contributed by atoms with Crippen molar-refractivity contribution in [3.63, 3.8) is 0 Å². The van der Waals surface area contributed by atoms with Crippen LogP contribution in [-0.2, 0) is 12.5 Å². The molecule has 2 aromatic heterocycles. The zero-order valence-corrected chi connectivity index (χ0v) is 24.4. The molecular formula is C32H36GeNO+. The Kier molecular flexibility index (Phi) is 5.71. The van der Waals surface area contributed by atoms with Gasteiger partial charge in [0, 0.05) is 0 Å². The summed E-state index contributed by atoms with van der Waals surface area (Å²) in [7, 11) is 2.10. The maximum atomic E-state index is 6.91. The molecule has 0 radical (unpaired) electrons. The van der Waals surface area contributed by atoms with Crippen molar-refractivity contribution < 1.29 is 8.98 Å². The summed E-state index contributed by atoms with van der Waals surface area (Å²) in [4.78, 5) is 0. The van der Waals surface area contributed by atoms with Gasteiger partial charge >= 0.3 is 212 Å². The van der Waals surface area contributed by atoms with Gasteiger partial charge < -0.3 is 0 Å². The molecule has 0 amide bonds. The molecule has 3 aromatic carbocycles. The van der Waals surface area contributed by atoms with E-state index in [-0.39, 0.29) is 5.41 Å². The zero-order valence-electron chi connectivity index (χ0n) is 22.3. The molecule has 0 aliphatic rings. The van der Waals surface area contributed by atoms with E-state index in [1.807, 2.05) is 0 Å². The fourth-order valence-corrected chi connectivity index (χ4v) is 8.49. The third-order valence-electron chi connectivity index (χ3n) is 7.18. The van der Waals surface area contributed by atoms with Crippen molar-refractivity contribution in [3.05, 3.63) is 84.1 Å². The molecule has 0 aliphatic carbocycles. The van der Waals surface area contributed by atoms with Crippen LogP contribution in [0.2, 0.25) is 17.3 Å². The van der Waals surface area contributed by atoms with Crippen molar-refractivity contribution in [2.45, 2.75) is 50.4 Å². The van der Waals surface area contributed by atoms with Gasteiger partial charge in [-0.1, -0.05) is 0 Å². The molecule has 2 nitrogen and oxygen atoms in total. The van der Waals surface area contributed by atoms with E-state index < -0.39 is 13.3 Å². The summed E-state index contributed by atoms with van der Waals surface area (Å²) < 4.78 is 10.6. The molecule has 0 N–H and O–H groups in total. The Morgan fingerprint density at radius 3 is 1.97 bits per heavy atom. The van der Waals surface area contributed by atoms with Crippen LogP contribution in [0.1, 0.15) is 31.9 Å². The Morgan fingerprint density at radius 1 is 0.743 bits per heavy atom. The van der Waals surface area contributed by atoms with Gasteiger partial charge in [-0.3, -0.25) is 0 Å². The first-order valence-corrected chi connectivity index (χ1v) is 19.9. The molecule has 2 heterocycles. The van der Waals surface area contributed by atoms with Gasteiger partial charge in [-0.05, 0) is 0 Å². The summed E-state index contributed by atoms with van der Waals surface area (Å²) in [6, 6.07) is 24.6. The van der Waals surface area contributed by atoms with Gasteiger partial charge in [-0.15, -0.1) is 0 Å². The van der Waals surface area contributed by atoms with Crippen LogP contribution in [-0.4, -0.2) is 13.3 Å². The monoisotopic (exact) mass is 524 g/mol. The first-order valence-electron chi connectivity index (χ1n) is 12.5. The molecule has 0 aliphatic heterocycles. The summed E-state index contributed by atoms with van der Waals surface area (Å²) in [5.41, 5.74) is 9.59. The minimum atomic E-state index is -2.21. The molecule has 0 saturated heterocycles. The molecule has 0 bridgehead atoms. The van der Waals surface area contributed by atoms with Gasteiger partial charge in [0.05, 0.1) is 0 Å². The Balaban J connectivity index is 1.87. The summed E-state index contributed by atoms with van der Waals surface area (Å²) in [6.45, 7) is 8.99. The van der Waals surface area contributed by atoms with Crippen LogP contribution >= 0.6 is 0 Å². The SMILES string of the molecule is Cc1ccc2c(oc3c(-c4ccc(C(C)(C)C)cc4)[c]([Ge]([CH3])([CH3])[CH3])ccc32)c1-c1cccc[n+]1C. The number of nitrogens with zero attached hydrogens (tertiary/aromatic N) is 1. The number of aromatic nitrogens is 1. The van der Waals surface area contributed by atoms with E-state index in [0.29, 0.717) is 0 Å². The van der Waals surface area contributed by atoms with E-state index in [1.54, 1.807) is 0 Å². The molecule has 0 atom stereocenters. The first-order chi connectivity index (χ1) is 16.5. The summed E-state index contributed by atoms with van der Waals surface area (Å²) in [5, 5.41) is 2.38. The van der Waals surface area contributed by atoms with Crippen LogP contribution in [0, 0.1) is 6.92 Å². The van der Waals surface area contributed by atoms with Gasteiger partial charge in [-0.25, -0.2) is 0 Å². The van der Waals surface area contributed by atoms with Crippen LogP contribution in [0.3, 0.4) is 0 Å². The number of benzene rings is 3. The molecule has 0 unspecified atom stereocenters. The number of furan rings is 1. The molecule has 35 heavy (non-hydrogen) atoms. The van der Waals surface area contributed by atoms with Gasteiger partial charge in [0.2, 0.25) is 0 Å². The normalized spacial score (nSPS) is 12.6. The standard InChI is InChI=1S/C32H36GeNO/c1-21-12-17-24-25-18-19-26(33(5,6)7)29(22-13-15-23(16-14-22)32(2,3)4)31(25)35-30(24)28(21)27-11-9-10-20-34(27)8/h9-20H,1-8H3/q+1. The Hall–Kier alpha value is -2.85. The van der Waals surface area contributed by atoms with E-state index in [2.05, 4.69) is 130 Å². The van der Waals surface area contributed by atoms with Crippen LogP contribution in [0.4, 0.5) is 0 Å².